The predicted octanol–water partition coefficient (Wildman–Crippen LogP) is 3.12. The zero-order valence-electron chi connectivity index (χ0n) is 12.1. The van der Waals surface area contributed by atoms with Gasteiger partial charge in [-0.25, -0.2) is 0 Å². The Hall–Kier alpha value is -1.51. The van der Waals surface area contributed by atoms with Crippen molar-refractivity contribution in [2.75, 3.05) is 7.11 Å². The first-order valence-electron chi connectivity index (χ1n) is 7.03. The Morgan fingerprint density at radius 3 is 2.63 bits per heavy atom. The molecular formula is C16H23NO2. The first-order valence-corrected chi connectivity index (χ1v) is 7.03. The maximum atomic E-state index is 12.0. The van der Waals surface area contributed by atoms with Gasteiger partial charge in [0.25, 0.3) is 0 Å². The fourth-order valence-corrected chi connectivity index (χ4v) is 2.98. The number of aryl methyl sites for hydroxylation is 2. The van der Waals surface area contributed by atoms with Gasteiger partial charge in [-0.15, -0.1) is 0 Å². The summed E-state index contributed by atoms with van der Waals surface area (Å²) in [5, 5.41) is 3.05. The maximum Gasteiger partial charge on any atom is 0.223 e. The third kappa shape index (κ3) is 3.28. The lowest BCUT2D eigenvalue weighted by atomic mass is 10.0. The van der Waals surface area contributed by atoms with Gasteiger partial charge in [-0.1, -0.05) is 30.5 Å². The minimum Gasteiger partial charge on any atom is -0.496 e. The van der Waals surface area contributed by atoms with E-state index >= 15 is 0 Å². The van der Waals surface area contributed by atoms with Gasteiger partial charge >= 0.3 is 0 Å². The number of hydrogen-bond donors (Lipinski definition) is 1. The molecule has 1 fully saturated rings. The number of ether oxygens (including phenoxy) is 1. The molecule has 0 aromatic heterocycles. The Bertz CT molecular complexity index is 462. The van der Waals surface area contributed by atoms with Crippen LogP contribution in [0, 0.1) is 19.8 Å². The summed E-state index contributed by atoms with van der Waals surface area (Å²) in [6, 6.07) is 4.18. The molecule has 3 heteroatoms. The monoisotopic (exact) mass is 261 g/mol. The van der Waals surface area contributed by atoms with Crippen LogP contribution in [0.5, 0.6) is 5.75 Å². The molecule has 0 saturated heterocycles. The van der Waals surface area contributed by atoms with Gasteiger partial charge in [0.05, 0.1) is 7.11 Å². The third-order valence-electron chi connectivity index (χ3n) is 3.88. The van der Waals surface area contributed by atoms with E-state index in [0.717, 1.165) is 29.7 Å². The normalized spacial score (nSPS) is 15.5. The Labute approximate surface area is 115 Å². The summed E-state index contributed by atoms with van der Waals surface area (Å²) in [5.74, 6) is 1.30. The zero-order valence-corrected chi connectivity index (χ0v) is 12.1. The van der Waals surface area contributed by atoms with Crippen molar-refractivity contribution in [3.63, 3.8) is 0 Å². The molecule has 0 bridgehead atoms. The second kappa shape index (κ2) is 6.09. The molecule has 1 amide bonds. The van der Waals surface area contributed by atoms with E-state index in [2.05, 4.69) is 24.4 Å². The quantitative estimate of drug-likeness (QED) is 0.904. The lowest BCUT2D eigenvalue weighted by Gasteiger charge is -2.15. The molecule has 1 saturated carbocycles. The van der Waals surface area contributed by atoms with Gasteiger partial charge in [0, 0.05) is 18.0 Å². The van der Waals surface area contributed by atoms with Gasteiger partial charge in [-0.05, 0) is 32.3 Å². The van der Waals surface area contributed by atoms with Crippen molar-refractivity contribution in [2.24, 2.45) is 5.92 Å². The van der Waals surface area contributed by atoms with Gasteiger partial charge in [0.2, 0.25) is 5.91 Å². The van der Waals surface area contributed by atoms with E-state index in [1.807, 2.05) is 6.92 Å². The van der Waals surface area contributed by atoms with Crippen molar-refractivity contribution >= 4 is 5.91 Å². The zero-order chi connectivity index (χ0) is 13.8. The largest absolute Gasteiger partial charge is 0.496 e. The van der Waals surface area contributed by atoms with E-state index in [1.165, 1.54) is 18.4 Å². The highest BCUT2D eigenvalue weighted by Crippen LogP contribution is 2.27. The second-order valence-corrected chi connectivity index (χ2v) is 5.47. The first-order chi connectivity index (χ1) is 9.11. The standard InChI is InChI=1S/C16H23NO2/c1-11-8-12(2)15(19-3)14(9-11)10-17-16(18)13-6-4-5-7-13/h8-9,13H,4-7,10H2,1-3H3,(H,17,18). The van der Waals surface area contributed by atoms with Crippen LogP contribution < -0.4 is 10.1 Å². The maximum absolute atomic E-state index is 12.0. The number of nitrogens with one attached hydrogen (secondary N) is 1. The fourth-order valence-electron chi connectivity index (χ4n) is 2.98. The Morgan fingerprint density at radius 2 is 2.00 bits per heavy atom. The van der Waals surface area contributed by atoms with E-state index < -0.39 is 0 Å². The van der Waals surface area contributed by atoms with E-state index in [9.17, 15) is 4.79 Å². The highest BCUT2D eigenvalue weighted by molar-refractivity contribution is 5.78. The number of hydrogen-bond acceptors (Lipinski definition) is 2. The van der Waals surface area contributed by atoms with Gasteiger partial charge in [0.1, 0.15) is 5.75 Å². The SMILES string of the molecule is COc1c(C)cc(C)cc1CNC(=O)C1CCCC1. The predicted molar refractivity (Wildman–Crippen MR) is 76.3 cm³/mol. The van der Waals surface area contributed by atoms with Gasteiger partial charge in [-0.3, -0.25) is 4.79 Å². The van der Waals surface area contributed by atoms with Crippen LogP contribution >= 0.6 is 0 Å². The number of carbonyl (C=O) groups excluding carboxylic acids is 1. The highest BCUT2D eigenvalue weighted by Gasteiger charge is 2.22. The molecule has 1 aromatic rings. The topological polar surface area (TPSA) is 38.3 Å². The summed E-state index contributed by atoms with van der Waals surface area (Å²) in [5.41, 5.74) is 3.38. The van der Waals surface area contributed by atoms with Gasteiger partial charge in [0.15, 0.2) is 0 Å². The van der Waals surface area contributed by atoms with Crippen molar-refractivity contribution in [2.45, 2.75) is 46.1 Å². The molecule has 19 heavy (non-hydrogen) atoms. The Kier molecular flexibility index (Phi) is 4.46. The first kappa shape index (κ1) is 13.9. The Morgan fingerprint density at radius 1 is 1.32 bits per heavy atom. The number of carbonyl (C=O) groups is 1. The van der Waals surface area contributed by atoms with Crippen LogP contribution in [0.1, 0.15) is 42.4 Å². The molecule has 1 aliphatic carbocycles. The summed E-state index contributed by atoms with van der Waals surface area (Å²) < 4.78 is 5.44. The Balaban J connectivity index is 2.04. The number of benzene rings is 1. The smallest absolute Gasteiger partial charge is 0.223 e. The van der Waals surface area contributed by atoms with Crippen molar-refractivity contribution in [3.8, 4) is 5.75 Å². The van der Waals surface area contributed by atoms with Crippen molar-refractivity contribution < 1.29 is 9.53 Å². The minimum absolute atomic E-state index is 0.193. The second-order valence-electron chi connectivity index (χ2n) is 5.47. The van der Waals surface area contributed by atoms with Crippen LogP contribution in [-0.4, -0.2) is 13.0 Å². The molecule has 3 nitrogen and oxygen atoms in total. The van der Waals surface area contributed by atoms with E-state index in [1.54, 1.807) is 7.11 Å². The van der Waals surface area contributed by atoms with Crippen LogP contribution in [0.2, 0.25) is 0 Å². The summed E-state index contributed by atoms with van der Waals surface area (Å²) >= 11 is 0. The molecule has 104 valence electrons. The summed E-state index contributed by atoms with van der Waals surface area (Å²) in [4.78, 5) is 12.0. The number of amides is 1. The average molecular weight is 261 g/mol. The molecule has 0 atom stereocenters. The summed E-state index contributed by atoms with van der Waals surface area (Å²) in [7, 11) is 1.68. The van der Waals surface area contributed by atoms with Crippen LogP contribution in [0.4, 0.5) is 0 Å². The molecule has 0 heterocycles. The van der Waals surface area contributed by atoms with Crippen LogP contribution in [-0.2, 0) is 11.3 Å². The molecule has 1 N–H and O–H groups in total. The van der Waals surface area contributed by atoms with E-state index in [4.69, 9.17) is 4.74 Å². The van der Waals surface area contributed by atoms with E-state index in [-0.39, 0.29) is 11.8 Å². The lowest BCUT2D eigenvalue weighted by Crippen LogP contribution is -2.29. The highest BCUT2D eigenvalue weighted by atomic mass is 16.5. The van der Waals surface area contributed by atoms with Crippen molar-refractivity contribution in [1.29, 1.82) is 0 Å². The molecular weight excluding hydrogens is 238 g/mol. The van der Waals surface area contributed by atoms with Gasteiger partial charge in [-0.2, -0.15) is 0 Å². The fraction of sp³-hybridized carbons (Fsp3) is 0.562. The molecule has 2 rings (SSSR count). The van der Waals surface area contributed by atoms with Crippen LogP contribution in [0.25, 0.3) is 0 Å². The number of methoxy groups -OCH3 is 1. The van der Waals surface area contributed by atoms with Crippen LogP contribution in [0.3, 0.4) is 0 Å². The summed E-state index contributed by atoms with van der Waals surface area (Å²) in [6.45, 7) is 4.66. The molecule has 1 aliphatic rings. The average Bonchev–Trinajstić information content (AvgIpc) is 2.89. The molecule has 0 unspecified atom stereocenters. The minimum atomic E-state index is 0.193. The van der Waals surface area contributed by atoms with Crippen molar-refractivity contribution in [1.82, 2.24) is 5.32 Å². The third-order valence-corrected chi connectivity index (χ3v) is 3.88. The van der Waals surface area contributed by atoms with Crippen molar-refractivity contribution in [3.05, 3.63) is 28.8 Å². The molecule has 0 aliphatic heterocycles. The summed E-state index contributed by atoms with van der Waals surface area (Å²) in [6.07, 6.45) is 4.45. The number of rotatable bonds is 4. The molecule has 1 aromatic carbocycles. The van der Waals surface area contributed by atoms with Gasteiger partial charge < -0.3 is 10.1 Å². The van der Waals surface area contributed by atoms with E-state index in [0.29, 0.717) is 6.54 Å². The molecule has 0 radical (unpaired) electrons. The molecule has 0 spiro atoms. The van der Waals surface area contributed by atoms with Crippen LogP contribution in [0.15, 0.2) is 12.1 Å². The lowest BCUT2D eigenvalue weighted by molar-refractivity contribution is -0.124.